The fourth-order valence-electron chi connectivity index (χ4n) is 2.73. The van der Waals surface area contributed by atoms with Crippen LogP contribution in [0.4, 0.5) is 0 Å². The van der Waals surface area contributed by atoms with Gasteiger partial charge in [0.05, 0.1) is 6.61 Å². The summed E-state index contributed by atoms with van der Waals surface area (Å²) in [6.07, 6.45) is 2.05. The zero-order valence-corrected chi connectivity index (χ0v) is 11.1. The molecule has 5 nitrogen and oxygen atoms in total. The van der Waals surface area contributed by atoms with Crippen LogP contribution in [0.5, 0.6) is 0 Å². The van der Waals surface area contributed by atoms with E-state index in [4.69, 9.17) is 4.74 Å². The average molecular weight is 254 g/mol. The largest absolute Gasteiger partial charge is 0.381 e. The van der Waals surface area contributed by atoms with Gasteiger partial charge in [-0.05, 0) is 19.8 Å². The van der Waals surface area contributed by atoms with Crippen LogP contribution in [0.25, 0.3) is 0 Å². The van der Waals surface area contributed by atoms with E-state index in [1.165, 1.54) is 0 Å². The molecule has 2 amide bonds. The van der Waals surface area contributed by atoms with Crippen LogP contribution < -0.4 is 5.32 Å². The van der Waals surface area contributed by atoms with Crippen molar-refractivity contribution >= 4 is 11.8 Å². The molecule has 0 saturated carbocycles. The van der Waals surface area contributed by atoms with Crippen molar-refractivity contribution in [1.82, 2.24) is 10.2 Å². The highest BCUT2D eigenvalue weighted by Gasteiger charge is 2.35. The minimum Gasteiger partial charge on any atom is -0.381 e. The SMILES string of the molecule is CCC1NC(=O)CCN(C(C)C2CCOC2)C1=O. The normalized spacial score (nSPS) is 31.1. The summed E-state index contributed by atoms with van der Waals surface area (Å²) >= 11 is 0. The monoisotopic (exact) mass is 254 g/mol. The number of nitrogens with zero attached hydrogens (tertiary/aromatic N) is 1. The van der Waals surface area contributed by atoms with Crippen molar-refractivity contribution in [3.63, 3.8) is 0 Å². The fraction of sp³-hybridized carbons (Fsp3) is 0.846. The predicted octanol–water partition coefficient (Wildman–Crippen LogP) is 0.538. The molecule has 0 aliphatic carbocycles. The van der Waals surface area contributed by atoms with Crippen molar-refractivity contribution < 1.29 is 14.3 Å². The maximum atomic E-state index is 12.4. The van der Waals surface area contributed by atoms with Gasteiger partial charge in [-0.3, -0.25) is 9.59 Å². The number of hydrogen-bond acceptors (Lipinski definition) is 3. The molecule has 1 N–H and O–H groups in total. The molecule has 0 aromatic carbocycles. The van der Waals surface area contributed by atoms with Gasteiger partial charge in [-0.1, -0.05) is 6.92 Å². The standard InChI is InChI=1S/C13H22N2O3/c1-3-11-13(17)15(6-4-12(16)14-11)9(2)10-5-7-18-8-10/h9-11H,3-8H2,1-2H3,(H,14,16). The highest BCUT2D eigenvalue weighted by Crippen LogP contribution is 2.23. The molecule has 2 aliphatic heterocycles. The third kappa shape index (κ3) is 2.66. The molecule has 0 spiro atoms. The second-order valence-electron chi connectivity index (χ2n) is 5.17. The predicted molar refractivity (Wildman–Crippen MR) is 66.9 cm³/mol. The number of ether oxygens (including phenoxy) is 1. The van der Waals surface area contributed by atoms with Crippen molar-refractivity contribution in [2.75, 3.05) is 19.8 Å². The first-order chi connectivity index (χ1) is 8.63. The van der Waals surface area contributed by atoms with Crippen LogP contribution in [0, 0.1) is 5.92 Å². The van der Waals surface area contributed by atoms with Crippen LogP contribution in [0.15, 0.2) is 0 Å². The van der Waals surface area contributed by atoms with Gasteiger partial charge in [-0.25, -0.2) is 0 Å². The Morgan fingerprint density at radius 3 is 2.89 bits per heavy atom. The summed E-state index contributed by atoms with van der Waals surface area (Å²) in [5, 5.41) is 2.79. The quantitative estimate of drug-likeness (QED) is 0.799. The molecular weight excluding hydrogens is 232 g/mol. The van der Waals surface area contributed by atoms with Crippen LogP contribution in [0.3, 0.4) is 0 Å². The summed E-state index contributed by atoms with van der Waals surface area (Å²) < 4.78 is 5.39. The summed E-state index contributed by atoms with van der Waals surface area (Å²) in [7, 11) is 0. The molecule has 3 unspecified atom stereocenters. The van der Waals surface area contributed by atoms with E-state index in [2.05, 4.69) is 12.2 Å². The van der Waals surface area contributed by atoms with Crippen LogP contribution in [-0.2, 0) is 14.3 Å². The molecule has 0 aromatic rings. The average Bonchev–Trinajstić information content (AvgIpc) is 2.84. The van der Waals surface area contributed by atoms with Gasteiger partial charge >= 0.3 is 0 Å². The third-order valence-electron chi connectivity index (χ3n) is 4.04. The van der Waals surface area contributed by atoms with Crippen molar-refractivity contribution in [2.24, 2.45) is 5.92 Å². The Morgan fingerprint density at radius 2 is 2.28 bits per heavy atom. The second kappa shape index (κ2) is 5.69. The Morgan fingerprint density at radius 1 is 1.50 bits per heavy atom. The highest BCUT2D eigenvalue weighted by atomic mass is 16.5. The van der Waals surface area contributed by atoms with Crippen LogP contribution in [0.2, 0.25) is 0 Å². The van der Waals surface area contributed by atoms with E-state index in [0.29, 0.717) is 25.3 Å². The minimum atomic E-state index is -0.357. The van der Waals surface area contributed by atoms with Gasteiger partial charge in [-0.15, -0.1) is 0 Å². The van der Waals surface area contributed by atoms with E-state index in [1.54, 1.807) is 0 Å². The van der Waals surface area contributed by atoms with Gasteiger partial charge in [0, 0.05) is 31.5 Å². The molecule has 102 valence electrons. The molecule has 0 radical (unpaired) electrons. The van der Waals surface area contributed by atoms with Crippen molar-refractivity contribution in [2.45, 2.75) is 45.2 Å². The third-order valence-corrected chi connectivity index (χ3v) is 4.04. The molecule has 5 heteroatoms. The van der Waals surface area contributed by atoms with E-state index < -0.39 is 0 Å². The number of nitrogens with one attached hydrogen (secondary N) is 1. The Balaban J connectivity index is 2.09. The topological polar surface area (TPSA) is 58.6 Å². The first-order valence-corrected chi connectivity index (χ1v) is 6.81. The number of rotatable bonds is 3. The summed E-state index contributed by atoms with van der Waals surface area (Å²) in [4.78, 5) is 25.8. The first kappa shape index (κ1) is 13.3. The zero-order chi connectivity index (χ0) is 13.1. The number of amides is 2. The number of hydrogen-bond donors (Lipinski definition) is 1. The van der Waals surface area contributed by atoms with E-state index >= 15 is 0 Å². The molecule has 0 aromatic heterocycles. The Kier molecular flexibility index (Phi) is 4.22. The molecule has 18 heavy (non-hydrogen) atoms. The Hall–Kier alpha value is -1.10. The van der Waals surface area contributed by atoms with Crippen molar-refractivity contribution in [1.29, 1.82) is 0 Å². The van der Waals surface area contributed by atoms with E-state index in [9.17, 15) is 9.59 Å². The first-order valence-electron chi connectivity index (χ1n) is 6.81. The van der Waals surface area contributed by atoms with Crippen molar-refractivity contribution in [3.8, 4) is 0 Å². The van der Waals surface area contributed by atoms with Gasteiger partial charge in [0.15, 0.2) is 0 Å². The summed E-state index contributed by atoms with van der Waals surface area (Å²) in [6.45, 7) is 6.03. The highest BCUT2D eigenvalue weighted by molar-refractivity contribution is 5.90. The minimum absolute atomic E-state index is 0.0208. The molecule has 3 atom stereocenters. The summed E-state index contributed by atoms with van der Waals surface area (Å²) in [6, 6.07) is -0.202. The van der Waals surface area contributed by atoms with Gasteiger partial charge in [0.1, 0.15) is 6.04 Å². The van der Waals surface area contributed by atoms with Gasteiger partial charge in [-0.2, -0.15) is 0 Å². The van der Waals surface area contributed by atoms with Gasteiger partial charge in [0.25, 0.3) is 0 Å². The molecule has 2 rings (SSSR count). The Labute approximate surface area is 108 Å². The number of carbonyl (C=O) groups excluding carboxylic acids is 2. The molecular formula is C13H22N2O3. The van der Waals surface area contributed by atoms with E-state index in [1.807, 2.05) is 11.8 Å². The van der Waals surface area contributed by atoms with Gasteiger partial charge in [0.2, 0.25) is 11.8 Å². The maximum Gasteiger partial charge on any atom is 0.245 e. The van der Waals surface area contributed by atoms with Crippen LogP contribution in [0.1, 0.15) is 33.1 Å². The summed E-state index contributed by atoms with van der Waals surface area (Å²) in [5.74, 6) is 0.440. The molecule has 2 fully saturated rings. The van der Waals surface area contributed by atoms with Crippen molar-refractivity contribution in [3.05, 3.63) is 0 Å². The smallest absolute Gasteiger partial charge is 0.245 e. The number of carbonyl (C=O) groups is 2. The molecule has 2 saturated heterocycles. The zero-order valence-electron chi connectivity index (χ0n) is 11.1. The Bertz CT molecular complexity index is 326. The summed E-state index contributed by atoms with van der Waals surface area (Å²) in [5.41, 5.74) is 0. The van der Waals surface area contributed by atoms with E-state index in [-0.39, 0.29) is 23.9 Å². The maximum absolute atomic E-state index is 12.4. The fourth-order valence-corrected chi connectivity index (χ4v) is 2.73. The lowest BCUT2D eigenvalue weighted by Crippen LogP contribution is -2.49. The lowest BCUT2D eigenvalue weighted by atomic mass is 9.98. The van der Waals surface area contributed by atoms with Gasteiger partial charge < -0.3 is 15.0 Å². The molecule has 2 heterocycles. The molecule has 2 aliphatic rings. The van der Waals surface area contributed by atoms with Crippen LogP contribution >= 0.6 is 0 Å². The van der Waals surface area contributed by atoms with Crippen LogP contribution in [-0.4, -0.2) is 48.6 Å². The second-order valence-corrected chi connectivity index (χ2v) is 5.17. The van der Waals surface area contributed by atoms with E-state index in [0.717, 1.165) is 19.6 Å². The lowest BCUT2D eigenvalue weighted by molar-refractivity contribution is -0.136. The lowest BCUT2D eigenvalue weighted by Gasteiger charge is -2.32. The molecule has 0 bridgehead atoms.